The van der Waals surface area contributed by atoms with Gasteiger partial charge in [-0.15, -0.1) is 0 Å². The minimum Gasteiger partial charge on any atom is -0.311 e. The molecule has 0 bridgehead atoms. The molecule has 2 heteroatoms. The van der Waals surface area contributed by atoms with Gasteiger partial charge < -0.3 is 5.32 Å². The summed E-state index contributed by atoms with van der Waals surface area (Å²) in [4.78, 5) is 2.81. The molecule has 0 spiro atoms. The van der Waals surface area contributed by atoms with Crippen molar-refractivity contribution in [1.29, 1.82) is 0 Å². The molecule has 1 saturated heterocycles. The van der Waals surface area contributed by atoms with Crippen molar-refractivity contribution in [2.75, 3.05) is 13.1 Å². The number of hydrogen-bond donors (Lipinski definition) is 1. The van der Waals surface area contributed by atoms with Crippen molar-refractivity contribution in [2.24, 2.45) is 17.3 Å². The predicted octanol–water partition coefficient (Wildman–Crippen LogP) is 2.74. The highest BCUT2D eigenvalue weighted by atomic mass is 15.3. The van der Waals surface area contributed by atoms with Crippen molar-refractivity contribution >= 4 is 0 Å². The van der Waals surface area contributed by atoms with Crippen LogP contribution in [0.1, 0.15) is 48.0 Å². The zero-order valence-corrected chi connectivity index (χ0v) is 12.5. The van der Waals surface area contributed by atoms with Crippen molar-refractivity contribution in [1.82, 2.24) is 10.2 Å². The Morgan fingerprint density at radius 3 is 2.24 bits per heavy atom. The molecular formula is C15H30N2. The molecule has 2 rings (SSSR count). The minimum absolute atomic E-state index is 0.373. The highest BCUT2D eigenvalue weighted by molar-refractivity contribution is 5.01. The van der Waals surface area contributed by atoms with E-state index in [1.807, 2.05) is 0 Å². The van der Waals surface area contributed by atoms with Crippen LogP contribution < -0.4 is 5.32 Å². The molecule has 1 aliphatic carbocycles. The number of nitrogens with zero attached hydrogens (tertiary/aromatic N) is 1. The summed E-state index contributed by atoms with van der Waals surface area (Å²) >= 11 is 0. The Bertz CT molecular complexity index is 267. The monoisotopic (exact) mass is 238 g/mol. The maximum absolute atomic E-state index is 3.78. The van der Waals surface area contributed by atoms with E-state index < -0.39 is 0 Å². The Morgan fingerprint density at radius 2 is 1.82 bits per heavy atom. The summed E-state index contributed by atoms with van der Waals surface area (Å²) in [5.74, 6) is 1.69. The van der Waals surface area contributed by atoms with Gasteiger partial charge in [-0.3, -0.25) is 4.90 Å². The molecule has 0 aromatic carbocycles. The lowest BCUT2D eigenvalue weighted by molar-refractivity contribution is 0.0535. The van der Waals surface area contributed by atoms with E-state index in [1.165, 1.54) is 19.5 Å². The summed E-state index contributed by atoms with van der Waals surface area (Å²) in [6.45, 7) is 16.6. The fourth-order valence-electron chi connectivity index (χ4n) is 3.14. The molecule has 4 unspecified atom stereocenters. The van der Waals surface area contributed by atoms with Crippen molar-refractivity contribution in [3.63, 3.8) is 0 Å². The second-order valence-electron chi connectivity index (χ2n) is 7.62. The van der Waals surface area contributed by atoms with Gasteiger partial charge >= 0.3 is 0 Å². The van der Waals surface area contributed by atoms with Crippen LogP contribution in [0.2, 0.25) is 0 Å². The molecule has 2 nitrogen and oxygen atoms in total. The highest BCUT2D eigenvalue weighted by Gasteiger charge is 2.45. The zero-order valence-electron chi connectivity index (χ0n) is 12.5. The second-order valence-corrected chi connectivity index (χ2v) is 7.62. The summed E-state index contributed by atoms with van der Waals surface area (Å²) < 4.78 is 0. The van der Waals surface area contributed by atoms with Gasteiger partial charge in [-0.1, -0.05) is 41.5 Å². The van der Waals surface area contributed by atoms with E-state index in [1.54, 1.807) is 0 Å². The van der Waals surface area contributed by atoms with Gasteiger partial charge in [0.1, 0.15) is 0 Å². The number of piperazine rings is 1. The first kappa shape index (κ1) is 13.4. The fraction of sp³-hybridized carbons (Fsp3) is 1.00. The normalized spacial score (nSPS) is 39.7. The maximum Gasteiger partial charge on any atom is 0.0247 e. The van der Waals surface area contributed by atoms with Gasteiger partial charge in [0.05, 0.1) is 0 Å². The van der Waals surface area contributed by atoms with E-state index in [0.29, 0.717) is 11.5 Å². The second kappa shape index (κ2) is 4.55. The Hall–Kier alpha value is -0.0800. The molecule has 1 saturated carbocycles. The van der Waals surface area contributed by atoms with Crippen LogP contribution in [0.15, 0.2) is 0 Å². The van der Waals surface area contributed by atoms with Crippen molar-refractivity contribution < 1.29 is 0 Å². The summed E-state index contributed by atoms with van der Waals surface area (Å²) in [7, 11) is 0. The average Bonchev–Trinajstić information content (AvgIpc) is 2.93. The Balaban J connectivity index is 2.05. The lowest BCUT2D eigenvalue weighted by atomic mass is 9.83. The van der Waals surface area contributed by atoms with E-state index in [4.69, 9.17) is 0 Å². The molecule has 4 atom stereocenters. The van der Waals surface area contributed by atoms with E-state index >= 15 is 0 Å². The molecule has 1 N–H and O–H groups in total. The number of hydrogen-bond acceptors (Lipinski definition) is 2. The summed E-state index contributed by atoms with van der Waals surface area (Å²) in [5, 5.41) is 3.78. The first-order valence-corrected chi connectivity index (χ1v) is 7.30. The molecule has 0 amide bonds. The average molecular weight is 238 g/mol. The molecule has 2 aliphatic rings. The largest absolute Gasteiger partial charge is 0.311 e. The predicted molar refractivity (Wildman–Crippen MR) is 74.1 cm³/mol. The third-order valence-corrected chi connectivity index (χ3v) is 4.70. The first-order chi connectivity index (χ1) is 7.80. The summed E-state index contributed by atoms with van der Waals surface area (Å²) in [6.07, 6.45) is 1.42. The Morgan fingerprint density at radius 1 is 1.24 bits per heavy atom. The van der Waals surface area contributed by atoms with Gasteiger partial charge in [-0.25, -0.2) is 0 Å². The van der Waals surface area contributed by atoms with Crippen LogP contribution in [0.25, 0.3) is 0 Å². The summed E-state index contributed by atoms with van der Waals surface area (Å²) in [6, 6.07) is 2.25. The molecule has 0 aromatic heterocycles. The smallest absolute Gasteiger partial charge is 0.0247 e. The standard InChI is InChI=1S/C15H30N2/c1-10(2)13-8-16-14(15(4,5)6)9-17(13)12-7-11(12)3/h10-14,16H,7-9H2,1-6H3. The van der Waals surface area contributed by atoms with E-state index in [9.17, 15) is 0 Å². The maximum atomic E-state index is 3.78. The first-order valence-electron chi connectivity index (χ1n) is 7.30. The van der Waals surface area contributed by atoms with Crippen molar-refractivity contribution in [3.05, 3.63) is 0 Å². The van der Waals surface area contributed by atoms with Gasteiger partial charge in [0.25, 0.3) is 0 Å². The van der Waals surface area contributed by atoms with E-state index in [2.05, 4.69) is 51.8 Å². The van der Waals surface area contributed by atoms with Crippen LogP contribution in [0, 0.1) is 17.3 Å². The van der Waals surface area contributed by atoms with E-state index in [-0.39, 0.29) is 0 Å². The molecule has 1 aliphatic heterocycles. The van der Waals surface area contributed by atoms with Crippen LogP contribution in [-0.2, 0) is 0 Å². The van der Waals surface area contributed by atoms with Gasteiger partial charge in [-0.05, 0) is 23.7 Å². The molecule has 2 fully saturated rings. The third kappa shape index (κ3) is 2.85. The highest BCUT2D eigenvalue weighted by Crippen LogP contribution is 2.39. The Labute approximate surface area is 107 Å². The van der Waals surface area contributed by atoms with Crippen LogP contribution in [0.4, 0.5) is 0 Å². The zero-order chi connectivity index (χ0) is 12.8. The molecular weight excluding hydrogens is 208 g/mol. The van der Waals surface area contributed by atoms with Crippen LogP contribution in [-0.4, -0.2) is 36.1 Å². The van der Waals surface area contributed by atoms with Crippen LogP contribution >= 0.6 is 0 Å². The lowest BCUT2D eigenvalue weighted by Crippen LogP contribution is -2.62. The molecule has 100 valence electrons. The lowest BCUT2D eigenvalue weighted by Gasteiger charge is -2.47. The third-order valence-electron chi connectivity index (χ3n) is 4.70. The van der Waals surface area contributed by atoms with E-state index in [0.717, 1.165) is 23.9 Å². The van der Waals surface area contributed by atoms with Crippen molar-refractivity contribution in [2.45, 2.75) is 66.1 Å². The molecule has 0 aromatic rings. The van der Waals surface area contributed by atoms with Crippen molar-refractivity contribution in [3.8, 4) is 0 Å². The summed E-state index contributed by atoms with van der Waals surface area (Å²) in [5.41, 5.74) is 0.373. The minimum atomic E-state index is 0.373. The quantitative estimate of drug-likeness (QED) is 0.796. The van der Waals surface area contributed by atoms with Crippen LogP contribution in [0.3, 0.4) is 0 Å². The number of rotatable bonds is 2. The van der Waals surface area contributed by atoms with Gasteiger partial charge in [0, 0.05) is 31.2 Å². The Kier molecular flexibility index (Phi) is 3.57. The molecule has 0 radical (unpaired) electrons. The van der Waals surface area contributed by atoms with Gasteiger partial charge in [-0.2, -0.15) is 0 Å². The topological polar surface area (TPSA) is 15.3 Å². The molecule has 1 heterocycles. The number of nitrogens with one attached hydrogen (secondary N) is 1. The van der Waals surface area contributed by atoms with Crippen LogP contribution in [0.5, 0.6) is 0 Å². The van der Waals surface area contributed by atoms with Gasteiger partial charge in [0.15, 0.2) is 0 Å². The van der Waals surface area contributed by atoms with Gasteiger partial charge in [0.2, 0.25) is 0 Å². The fourth-order valence-corrected chi connectivity index (χ4v) is 3.14. The molecule has 17 heavy (non-hydrogen) atoms. The SMILES string of the molecule is CC(C)C1CNC(C(C)(C)C)CN1C1CC1C.